The van der Waals surface area contributed by atoms with Crippen LogP contribution >= 0.6 is 22.6 Å². The summed E-state index contributed by atoms with van der Waals surface area (Å²) in [6.07, 6.45) is 0. The normalized spacial score (nSPS) is 10.7. The summed E-state index contributed by atoms with van der Waals surface area (Å²) in [5.41, 5.74) is -0.407. The van der Waals surface area contributed by atoms with Gasteiger partial charge in [-0.2, -0.15) is 0 Å². The van der Waals surface area contributed by atoms with E-state index < -0.39 is 17.5 Å². The lowest BCUT2D eigenvalue weighted by Gasteiger charge is -2.23. The van der Waals surface area contributed by atoms with Crippen LogP contribution in [0.1, 0.15) is 13.8 Å². The molecule has 0 saturated carbocycles. The van der Waals surface area contributed by atoms with Gasteiger partial charge in [-0.15, -0.1) is 0 Å². The van der Waals surface area contributed by atoms with Crippen LogP contribution in [-0.4, -0.2) is 24.6 Å². The number of ether oxygens (including phenoxy) is 1. The predicted octanol–water partition coefficient (Wildman–Crippen LogP) is 2.36. The van der Waals surface area contributed by atoms with Gasteiger partial charge < -0.3 is 15.4 Å². The van der Waals surface area contributed by atoms with E-state index in [1.54, 1.807) is 26.0 Å². The molecule has 0 fully saturated rings. The maximum atomic E-state index is 11.7. The smallest absolute Gasteiger partial charge is 0.331 e. The fourth-order valence-electron chi connectivity index (χ4n) is 1.29. The third-order valence-electron chi connectivity index (χ3n) is 2.22. The Morgan fingerprint density at radius 3 is 2.28 bits per heavy atom. The van der Waals surface area contributed by atoms with Crippen LogP contribution in [0.25, 0.3) is 0 Å². The van der Waals surface area contributed by atoms with Crippen molar-refractivity contribution in [2.45, 2.75) is 19.4 Å². The Morgan fingerprint density at radius 2 is 1.78 bits per heavy atom. The lowest BCUT2D eigenvalue weighted by Crippen LogP contribution is -2.51. The number of nitrogens with one attached hydrogen (secondary N) is 2. The van der Waals surface area contributed by atoms with Crippen molar-refractivity contribution < 1.29 is 14.3 Å². The quantitative estimate of drug-likeness (QED) is 0.641. The number of anilines is 1. The Hall–Kier alpha value is -1.31. The molecule has 98 valence electrons. The fraction of sp³-hybridized carbons (Fsp3) is 0.333. The number of hydrogen-bond donors (Lipinski definition) is 2. The molecule has 0 bridgehead atoms. The summed E-state index contributed by atoms with van der Waals surface area (Å²) < 4.78 is 5.68. The van der Waals surface area contributed by atoms with Crippen molar-refractivity contribution in [2.24, 2.45) is 0 Å². The number of rotatable bonds is 3. The van der Waals surface area contributed by atoms with Crippen LogP contribution in [0.5, 0.6) is 0 Å². The van der Waals surface area contributed by atoms with Gasteiger partial charge in [-0.1, -0.05) is 0 Å². The molecule has 5 nitrogen and oxygen atoms in total. The monoisotopic (exact) mass is 362 g/mol. The minimum absolute atomic E-state index is 0.452. The summed E-state index contributed by atoms with van der Waals surface area (Å²) in [5.74, 6) is -0.500. The number of hydrogen-bond acceptors (Lipinski definition) is 3. The Balaban J connectivity index is 2.62. The molecule has 1 rings (SSSR count). The topological polar surface area (TPSA) is 67.4 Å². The minimum atomic E-state index is -1.07. The first-order valence-electron chi connectivity index (χ1n) is 5.28. The highest BCUT2D eigenvalue weighted by atomic mass is 127. The molecule has 6 heteroatoms. The van der Waals surface area contributed by atoms with E-state index >= 15 is 0 Å². The molecule has 0 aliphatic rings. The summed E-state index contributed by atoms with van der Waals surface area (Å²) in [6, 6.07) is 6.87. The second-order valence-electron chi connectivity index (χ2n) is 4.20. The Labute approximate surface area is 119 Å². The van der Waals surface area contributed by atoms with Gasteiger partial charge in [0.2, 0.25) is 0 Å². The summed E-state index contributed by atoms with van der Waals surface area (Å²) in [7, 11) is 1.28. The number of amides is 2. The molecule has 1 aromatic carbocycles. The maximum Gasteiger partial charge on any atom is 0.331 e. The zero-order valence-corrected chi connectivity index (χ0v) is 12.6. The molecule has 0 aliphatic carbocycles. The SMILES string of the molecule is COC(=O)C(C)(C)NC(=O)Nc1ccc(I)cc1. The van der Waals surface area contributed by atoms with Crippen molar-refractivity contribution in [3.8, 4) is 0 Å². The maximum absolute atomic E-state index is 11.7. The average Bonchev–Trinajstić information content (AvgIpc) is 2.30. The fourth-order valence-corrected chi connectivity index (χ4v) is 1.65. The number of benzene rings is 1. The van der Waals surface area contributed by atoms with Crippen molar-refractivity contribution in [3.63, 3.8) is 0 Å². The van der Waals surface area contributed by atoms with Gasteiger partial charge in [0, 0.05) is 9.26 Å². The molecule has 0 unspecified atom stereocenters. The average molecular weight is 362 g/mol. The van der Waals surface area contributed by atoms with E-state index in [0.29, 0.717) is 5.69 Å². The minimum Gasteiger partial charge on any atom is -0.467 e. The molecule has 2 N–H and O–H groups in total. The molecular formula is C12H15IN2O3. The van der Waals surface area contributed by atoms with Gasteiger partial charge >= 0.3 is 12.0 Å². The number of halogens is 1. The van der Waals surface area contributed by atoms with Crippen LogP contribution in [0.15, 0.2) is 24.3 Å². The molecule has 0 heterocycles. The summed E-state index contributed by atoms with van der Waals surface area (Å²) in [5, 5.41) is 5.19. The van der Waals surface area contributed by atoms with Crippen LogP contribution in [0, 0.1) is 3.57 Å². The van der Waals surface area contributed by atoms with E-state index in [0.717, 1.165) is 3.57 Å². The molecule has 2 amide bonds. The molecule has 0 radical (unpaired) electrons. The number of carbonyl (C=O) groups excluding carboxylic acids is 2. The molecule has 0 saturated heterocycles. The summed E-state index contributed by atoms with van der Waals surface area (Å²) >= 11 is 2.18. The van der Waals surface area contributed by atoms with Crippen molar-refractivity contribution in [1.82, 2.24) is 5.32 Å². The highest BCUT2D eigenvalue weighted by Crippen LogP contribution is 2.11. The molecule has 0 spiro atoms. The van der Waals surface area contributed by atoms with E-state index in [1.165, 1.54) is 7.11 Å². The van der Waals surface area contributed by atoms with Crippen molar-refractivity contribution >= 4 is 40.3 Å². The van der Waals surface area contributed by atoms with E-state index in [2.05, 4.69) is 38.0 Å². The van der Waals surface area contributed by atoms with Crippen LogP contribution in [0.2, 0.25) is 0 Å². The lowest BCUT2D eigenvalue weighted by molar-refractivity contribution is -0.146. The highest BCUT2D eigenvalue weighted by Gasteiger charge is 2.30. The van der Waals surface area contributed by atoms with Crippen LogP contribution in [-0.2, 0) is 9.53 Å². The van der Waals surface area contributed by atoms with E-state index in [-0.39, 0.29) is 0 Å². The van der Waals surface area contributed by atoms with Gasteiger partial charge in [-0.05, 0) is 60.7 Å². The third kappa shape index (κ3) is 4.17. The first-order valence-corrected chi connectivity index (χ1v) is 6.36. The predicted molar refractivity (Wildman–Crippen MR) is 77.4 cm³/mol. The lowest BCUT2D eigenvalue weighted by atomic mass is 10.1. The molecule has 1 aromatic rings. The molecule has 18 heavy (non-hydrogen) atoms. The third-order valence-corrected chi connectivity index (χ3v) is 2.94. The van der Waals surface area contributed by atoms with E-state index in [4.69, 9.17) is 0 Å². The number of methoxy groups -OCH3 is 1. The van der Waals surface area contributed by atoms with Crippen LogP contribution < -0.4 is 10.6 Å². The van der Waals surface area contributed by atoms with Gasteiger partial charge in [0.1, 0.15) is 5.54 Å². The van der Waals surface area contributed by atoms with Gasteiger partial charge in [0.25, 0.3) is 0 Å². The second-order valence-corrected chi connectivity index (χ2v) is 5.45. The van der Waals surface area contributed by atoms with Gasteiger partial charge in [-0.3, -0.25) is 0 Å². The standard InChI is InChI=1S/C12H15IN2O3/c1-12(2,10(16)18-3)15-11(17)14-9-6-4-8(13)5-7-9/h4-7H,1-3H3,(H2,14,15,17). The zero-order valence-electron chi connectivity index (χ0n) is 10.4. The first-order chi connectivity index (χ1) is 8.35. The first kappa shape index (κ1) is 14.7. The number of urea groups is 1. The molecular weight excluding hydrogens is 347 g/mol. The van der Waals surface area contributed by atoms with Gasteiger partial charge in [0.05, 0.1) is 7.11 Å². The molecule has 0 aromatic heterocycles. The van der Waals surface area contributed by atoms with Crippen LogP contribution in [0.4, 0.5) is 10.5 Å². The van der Waals surface area contributed by atoms with Gasteiger partial charge in [0.15, 0.2) is 0 Å². The Morgan fingerprint density at radius 1 is 1.22 bits per heavy atom. The largest absolute Gasteiger partial charge is 0.467 e. The number of esters is 1. The zero-order chi connectivity index (χ0) is 13.8. The van der Waals surface area contributed by atoms with Crippen molar-refractivity contribution in [2.75, 3.05) is 12.4 Å². The molecule has 0 aliphatic heterocycles. The van der Waals surface area contributed by atoms with E-state index in [1.807, 2.05) is 12.1 Å². The van der Waals surface area contributed by atoms with Gasteiger partial charge in [-0.25, -0.2) is 9.59 Å². The Bertz CT molecular complexity index is 443. The highest BCUT2D eigenvalue weighted by molar-refractivity contribution is 14.1. The Kier molecular flexibility index (Phi) is 4.94. The number of carbonyl (C=O) groups is 2. The summed E-state index contributed by atoms with van der Waals surface area (Å²) in [6.45, 7) is 3.15. The van der Waals surface area contributed by atoms with Crippen molar-refractivity contribution in [3.05, 3.63) is 27.8 Å². The van der Waals surface area contributed by atoms with Crippen molar-refractivity contribution in [1.29, 1.82) is 0 Å². The summed E-state index contributed by atoms with van der Waals surface area (Å²) in [4.78, 5) is 23.1. The van der Waals surface area contributed by atoms with Crippen LogP contribution in [0.3, 0.4) is 0 Å². The van der Waals surface area contributed by atoms with E-state index in [9.17, 15) is 9.59 Å². The molecule has 0 atom stereocenters. The second kappa shape index (κ2) is 6.03.